The first-order valence-electron chi connectivity index (χ1n) is 6.58. The number of benzene rings is 1. The molecule has 0 amide bonds. The normalized spacial score (nSPS) is 21.8. The first kappa shape index (κ1) is 12.9. The first-order chi connectivity index (χ1) is 8.75. The summed E-state index contributed by atoms with van der Waals surface area (Å²) in [5, 5.41) is 3.11. The molecule has 98 valence electrons. The minimum atomic E-state index is 0.500. The highest BCUT2D eigenvalue weighted by Crippen LogP contribution is 2.15. The Kier molecular flexibility index (Phi) is 4.59. The van der Waals surface area contributed by atoms with Crippen LogP contribution in [-0.2, 0) is 0 Å². The maximum absolute atomic E-state index is 5.89. The lowest BCUT2D eigenvalue weighted by molar-refractivity contribution is 0.191. The second-order valence-electron chi connectivity index (χ2n) is 4.85. The van der Waals surface area contributed by atoms with Crippen LogP contribution in [0, 0.1) is 0 Å². The van der Waals surface area contributed by atoms with Gasteiger partial charge >= 0.3 is 0 Å². The van der Waals surface area contributed by atoms with Crippen LogP contribution in [0.5, 0.6) is 0 Å². The van der Waals surface area contributed by atoms with Gasteiger partial charge in [0.2, 0.25) is 0 Å². The van der Waals surface area contributed by atoms with Crippen molar-refractivity contribution in [2.75, 3.05) is 25.5 Å². The molecule has 4 heteroatoms. The Hall–Kier alpha value is -1.55. The van der Waals surface area contributed by atoms with Gasteiger partial charge in [0.25, 0.3) is 0 Å². The molecule has 1 unspecified atom stereocenters. The van der Waals surface area contributed by atoms with E-state index in [1.807, 2.05) is 30.3 Å². The third kappa shape index (κ3) is 3.74. The Morgan fingerprint density at radius 2 is 2.17 bits per heavy atom. The second kappa shape index (κ2) is 6.40. The lowest BCUT2D eigenvalue weighted by atomic mass is 10.0. The topological polar surface area (TPSA) is 53.6 Å². The van der Waals surface area contributed by atoms with Crippen molar-refractivity contribution in [2.24, 2.45) is 10.7 Å². The molecule has 1 atom stereocenters. The molecule has 1 aromatic carbocycles. The number of piperidine rings is 1. The summed E-state index contributed by atoms with van der Waals surface area (Å²) in [5.41, 5.74) is 6.87. The maximum Gasteiger partial charge on any atom is 0.193 e. The molecule has 0 aliphatic carbocycles. The minimum absolute atomic E-state index is 0.500. The van der Waals surface area contributed by atoms with Gasteiger partial charge in [-0.25, -0.2) is 0 Å². The summed E-state index contributed by atoms with van der Waals surface area (Å²) in [6.07, 6.45) is 3.82. The molecule has 0 radical (unpaired) electrons. The smallest absolute Gasteiger partial charge is 0.193 e. The van der Waals surface area contributed by atoms with Gasteiger partial charge in [-0.2, -0.15) is 0 Å². The number of guanidine groups is 1. The van der Waals surface area contributed by atoms with Gasteiger partial charge in [-0.3, -0.25) is 4.99 Å². The van der Waals surface area contributed by atoms with E-state index in [0.29, 0.717) is 12.0 Å². The second-order valence-corrected chi connectivity index (χ2v) is 4.85. The standard InChI is InChI=1S/C14H22N4/c1-18-10-6-5-9-13(18)11-16-14(15)17-12-7-3-2-4-8-12/h2-4,7-8,13H,5-6,9-11H2,1H3,(H3,15,16,17). The number of hydrogen-bond donors (Lipinski definition) is 2. The zero-order valence-electron chi connectivity index (χ0n) is 11.0. The van der Waals surface area contributed by atoms with E-state index in [9.17, 15) is 0 Å². The summed E-state index contributed by atoms with van der Waals surface area (Å²) in [6.45, 7) is 1.95. The summed E-state index contributed by atoms with van der Waals surface area (Å²) in [6, 6.07) is 10.4. The largest absolute Gasteiger partial charge is 0.370 e. The van der Waals surface area contributed by atoms with Crippen molar-refractivity contribution in [1.82, 2.24) is 4.90 Å². The molecule has 1 saturated heterocycles. The van der Waals surface area contributed by atoms with Gasteiger partial charge in [0.1, 0.15) is 0 Å². The van der Waals surface area contributed by atoms with Gasteiger partial charge in [0.15, 0.2) is 5.96 Å². The van der Waals surface area contributed by atoms with Crippen molar-refractivity contribution in [3.05, 3.63) is 30.3 Å². The van der Waals surface area contributed by atoms with E-state index in [2.05, 4.69) is 22.3 Å². The number of likely N-dealkylation sites (N-methyl/N-ethyl adjacent to an activating group) is 1. The summed E-state index contributed by atoms with van der Waals surface area (Å²) in [5.74, 6) is 0.500. The van der Waals surface area contributed by atoms with E-state index in [1.165, 1.54) is 25.8 Å². The fourth-order valence-corrected chi connectivity index (χ4v) is 2.29. The van der Waals surface area contributed by atoms with E-state index >= 15 is 0 Å². The SMILES string of the molecule is CN1CCCCC1CN=C(N)Nc1ccccc1. The van der Waals surface area contributed by atoms with Gasteiger partial charge in [0.05, 0.1) is 6.54 Å². The number of aliphatic imine (C=N–C) groups is 1. The van der Waals surface area contributed by atoms with Crippen LogP contribution >= 0.6 is 0 Å². The van der Waals surface area contributed by atoms with Gasteiger partial charge in [-0.1, -0.05) is 24.6 Å². The maximum atomic E-state index is 5.89. The van der Waals surface area contributed by atoms with Gasteiger partial charge in [-0.05, 0) is 38.6 Å². The van der Waals surface area contributed by atoms with Gasteiger partial charge < -0.3 is 16.0 Å². The Morgan fingerprint density at radius 3 is 2.89 bits per heavy atom. The van der Waals surface area contributed by atoms with Crippen LogP contribution in [0.3, 0.4) is 0 Å². The highest BCUT2D eigenvalue weighted by Gasteiger charge is 2.17. The number of nitrogens with one attached hydrogen (secondary N) is 1. The highest BCUT2D eigenvalue weighted by atomic mass is 15.2. The number of nitrogens with two attached hydrogens (primary N) is 1. The molecule has 1 fully saturated rings. The van der Waals surface area contributed by atoms with Crippen LogP contribution in [0.25, 0.3) is 0 Å². The molecule has 0 spiro atoms. The third-order valence-corrected chi connectivity index (χ3v) is 3.44. The van der Waals surface area contributed by atoms with E-state index < -0.39 is 0 Å². The van der Waals surface area contributed by atoms with Crippen LogP contribution in [-0.4, -0.2) is 37.0 Å². The zero-order chi connectivity index (χ0) is 12.8. The molecular weight excluding hydrogens is 224 g/mol. The molecule has 1 aliphatic rings. The average Bonchev–Trinajstić information content (AvgIpc) is 2.39. The number of para-hydroxylation sites is 1. The highest BCUT2D eigenvalue weighted by molar-refractivity contribution is 5.92. The third-order valence-electron chi connectivity index (χ3n) is 3.44. The molecule has 1 heterocycles. The molecule has 0 saturated carbocycles. The Morgan fingerprint density at radius 1 is 1.39 bits per heavy atom. The molecule has 18 heavy (non-hydrogen) atoms. The summed E-state index contributed by atoms with van der Waals surface area (Å²) in [7, 11) is 2.17. The molecule has 1 aliphatic heterocycles. The molecular formula is C14H22N4. The van der Waals surface area contributed by atoms with Crippen LogP contribution < -0.4 is 11.1 Å². The van der Waals surface area contributed by atoms with Crippen molar-refractivity contribution >= 4 is 11.6 Å². The quantitative estimate of drug-likeness (QED) is 0.632. The van der Waals surface area contributed by atoms with Crippen molar-refractivity contribution in [3.8, 4) is 0 Å². The Bertz CT molecular complexity index is 388. The number of likely N-dealkylation sites (tertiary alicyclic amines) is 1. The molecule has 3 N–H and O–H groups in total. The average molecular weight is 246 g/mol. The van der Waals surface area contributed by atoms with Crippen molar-refractivity contribution in [2.45, 2.75) is 25.3 Å². The summed E-state index contributed by atoms with van der Waals surface area (Å²) < 4.78 is 0. The number of hydrogen-bond acceptors (Lipinski definition) is 2. The van der Waals surface area contributed by atoms with Crippen LogP contribution in [0.15, 0.2) is 35.3 Å². The van der Waals surface area contributed by atoms with Gasteiger partial charge in [-0.15, -0.1) is 0 Å². The minimum Gasteiger partial charge on any atom is -0.370 e. The van der Waals surface area contributed by atoms with Crippen LogP contribution in [0.2, 0.25) is 0 Å². The van der Waals surface area contributed by atoms with Crippen molar-refractivity contribution < 1.29 is 0 Å². The fourth-order valence-electron chi connectivity index (χ4n) is 2.29. The zero-order valence-corrected chi connectivity index (χ0v) is 11.0. The Balaban J connectivity index is 1.85. The molecule has 4 nitrogen and oxygen atoms in total. The molecule has 1 aromatic rings. The summed E-state index contributed by atoms with van der Waals surface area (Å²) >= 11 is 0. The first-order valence-corrected chi connectivity index (χ1v) is 6.58. The Labute approximate surface area is 109 Å². The molecule has 2 rings (SSSR count). The molecule has 0 aromatic heterocycles. The monoisotopic (exact) mass is 246 g/mol. The number of rotatable bonds is 3. The van der Waals surface area contributed by atoms with Crippen LogP contribution in [0.1, 0.15) is 19.3 Å². The fraction of sp³-hybridized carbons (Fsp3) is 0.500. The molecule has 0 bridgehead atoms. The van der Waals surface area contributed by atoms with E-state index in [0.717, 1.165) is 12.2 Å². The van der Waals surface area contributed by atoms with E-state index in [1.54, 1.807) is 0 Å². The van der Waals surface area contributed by atoms with E-state index in [4.69, 9.17) is 5.73 Å². The van der Waals surface area contributed by atoms with Gasteiger partial charge in [0, 0.05) is 11.7 Å². The number of nitrogens with zero attached hydrogens (tertiary/aromatic N) is 2. The van der Waals surface area contributed by atoms with Crippen molar-refractivity contribution in [3.63, 3.8) is 0 Å². The predicted octanol–water partition coefficient (Wildman–Crippen LogP) is 1.90. The lowest BCUT2D eigenvalue weighted by Gasteiger charge is -2.31. The number of anilines is 1. The van der Waals surface area contributed by atoms with E-state index in [-0.39, 0.29) is 0 Å². The van der Waals surface area contributed by atoms with Crippen LogP contribution in [0.4, 0.5) is 5.69 Å². The summed E-state index contributed by atoms with van der Waals surface area (Å²) in [4.78, 5) is 6.81. The lowest BCUT2D eigenvalue weighted by Crippen LogP contribution is -2.39. The van der Waals surface area contributed by atoms with Crippen molar-refractivity contribution in [1.29, 1.82) is 0 Å². The predicted molar refractivity (Wildman–Crippen MR) is 76.8 cm³/mol.